The molecule has 2 rings (SSSR count). The average molecular weight is 322 g/mol. The number of carbonyl (C=O) groups excluding carboxylic acids is 1. The molecular formula is C15H13BrFNO. The molecule has 0 aliphatic heterocycles. The third-order valence-corrected chi connectivity index (χ3v) is 3.34. The minimum absolute atomic E-state index is 0.0684. The molecule has 0 bridgehead atoms. The third-order valence-electron chi connectivity index (χ3n) is 2.85. The van der Waals surface area contributed by atoms with Gasteiger partial charge in [0.1, 0.15) is 5.82 Å². The molecule has 19 heavy (non-hydrogen) atoms. The van der Waals surface area contributed by atoms with Crippen molar-refractivity contribution in [3.05, 3.63) is 69.4 Å². The van der Waals surface area contributed by atoms with Crippen LogP contribution < -0.4 is 5.73 Å². The van der Waals surface area contributed by atoms with Gasteiger partial charge in [-0.15, -0.1) is 0 Å². The highest BCUT2D eigenvalue weighted by Crippen LogP contribution is 2.21. The van der Waals surface area contributed by atoms with Crippen LogP contribution in [0.25, 0.3) is 0 Å². The number of rotatable bonds is 4. The predicted octanol–water partition coefficient (Wildman–Crippen LogP) is 3.32. The maximum absolute atomic E-state index is 13.8. The number of ketones is 1. The van der Waals surface area contributed by atoms with Gasteiger partial charge < -0.3 is 5.73 Å². The van der Waals surface area contributed by atoms with Crippen LogP contribution in [0.1, 0.15) is 21.5 Å². The third kappa shape index (κ3) is 3.08. The Bertz CT molecular complexity index is 613. The fraction of sp³-hybridized carbons (Fsp3) is 0.133. The van der Waals surface area contributed by atoms with Crippen molar-refractivity contribution in [1.29, 1.82) is 0 Å². The monoisotopic (exact) mass is 321 g/mol. The smallest absolute Gasteiger partial charge is 0.196 e. The van der Waals surface area contributed by atoms with Crippen molar-refractivity contribution in [3.8, 4) is 0 Å². The molecule has 2 nitrogen and oxygen atoms in total. The van der Waals surface area contributed by atoms with Crippen LogP contribution in [0.15, 0.2) is 46.9 Å². The van der Waals surface area contributed by atoms with Crippen LogP contribution in [0.5, 0.6) is 0 Å². The van der Waals surface area contributed by atoms with Gasteiger partial charge in [0.15, 0.2) is 5.78 Å². The van der Waals surface area contributed by atoms with E-state index in [1.165, 1.54) is 12.1 Å². The van der Waals surface area contributed by atoms with Gasteiger partial charge in [-0.25, -0.2) is 4.39 Å². The number of hydrogen-bond acceptors (Lipinski definition) is 2. The van der Waals surface area contributed by atoms with Crippen LogP contribution >= 0.6 is 15.9 Å². The van der Waals surface area contributed by atoms with Crippen molar-refractivity contribution < 1.29 is 9.18 Å². The van der Waals surface area contributed by atoms with E-state index in [0.717, 1.165) is 5.56 Å². The molecule has 0 aliphatic rings. The fourth-order valence-electron chi connectivity index (χ4n) is 1.93. The van der Waals surface area contributed by atoms with E-state index in [-0.39, 0.29) is 11.3 Å². The van der Waals surface area contributed by atoms with Gasteiger partial charge in [-0.05, 0) is 36.7 Å². The van der Waals surface area contributed by atoms with Crippen LogP contribution in [0.4, 0.5) is 4.39 Å². The van der Waals surface area contributed by atoms with Gasteiger partial charge in [0.2, 0.25) is 0 Å². The van der Waals surface area contributed by atoms with Gasteiger partial charge in [-0.2, -0.15) is 0 Å². The summed E-state index contributed by atoms with van der Waals surface area (Å²) in [6, 6.07) is 11.5. The second-order valence-corrected chi connectivity index (χ2v) is 5.06. The predicted molar refractivity (Wildman–Crippen MR) is 76.7 cm³/mol. The van der Waals surface area contributed by atoms with Gasteiger partial charge in [-0.1, -0.05) is 40.2 Å². The summed E-state index contributed by atoms with van der Waals surface area (Å²) in [5, 5.41) is 0. The molecule has 0 amide bonds. The summed E-state index contributed by atoms with van der Waals surface area (Å²) in [5.74, 6) is -0.835. The molecule has 2 aromatic rings. The van der Waals surface area contributed by atoms with Crippen molar-refractivity contribution in [1.82, 2.24) is 0 Å². The first-order valence-corrected chi connectivity index (χ1v) is 6.70. The Morgan fingerprint density at radius 1 is 1.16 bits per heavy atom. The summed E-state index contributed by atoms with van der Waals surface area (Å²) in [7, 11) is 0. The van der Waals surface area contributed by atoms with Crippen LogP contribution in [0.2, 0.25) is 0 Å². The standard InChI is InChI=1S/C15H13BrFNO/c16-11-5-6-14(17)13(9-11)15(19)12-4-2-1-3-10(12)7-8-18/h1-6,9H,7-8,18H2. The normalized spacial score (nSPS) is 10.5. The first-order chi connectivity index (χ1) is 9.13. The van der Waals surface area contributed by atoms with Gasteiger partial charge in [0.25, 0.3) is 0 Å². The molecular weight excluding hydrogens is 309 g/mol. The highest BCUT2D eigenvalue weighted by molar-refractivity contribution is 9.10. The fourth-order valence-corrected chi connectivity index (χ4v) is 2.29. The molecule has 98 valence electrons. The van der Waals surface area contributed by atoms with Crippen molar-refractivity contribution in [2.45, 2.75) is 6.42 Å². The van der Waals surface area contributed by atoms with Crippen LogP contribution in [-0.4, -0.2) is 12.3 Å². The van der Waals surface area contributed by atoms with Crippen molar-refractivity contribution in [2.75, 3.05) is 6.54 Å². The number of nitrogens with two attached hydrogens (primary N) is 1. The van der Waals surface area contributed by atoms with Gasteiger partial charge in [-0.3, -0.25) is 4.79 Å². The van der Waals surface area contributed by atoms with Gasteiger partial charge in [0.05, 0.1) is 5.56 Å². The van der Waals surface area contributed by atoms with Crippen LogP contribution in [0.3, 0.4) is 0 Å². The van der Waals surface area contributed by atoms with E-state index in [1.807, 2.05) is 12.1 Å². The summed E-state index contributed by atoms with van der Waals surface area (Å²) in [6.07, 6.45) is 0.595. The molecule has 0 saturated carbocycles. The molecule has 0 aliphatic carbocycles. The SMILES string of the molecule is NCCc1ccccc1C(=O)c1cc(Br)ccc1F. The molecule has 0 radical (unpaired) electrons. The molecule has 0 heterocycles. The van der Waals surface area contributed by atoms with E-state index in [2.05, 4.69) is 15.9 Å². The second-order valence-electron chi connectivity index (χ2n) is 4.15. The Balaban J connectivity index is 2.47. The molecule has 2 N–H and O–H groups in total. The number of benzene rings is 2. The molecule has 0 saturated heterocycles. The number of hydrogen-bond donors (Lipinski definition) is 1. The van der Waals surface area contributed by atoms with Gasteiger partial charge >= 0.3 is 0 Å². The molecule has 4 heteroatoms. The lowest BCUT2D eigenvalue weighted by atomic mass is 9.96. The largest absolute Gasteiger partial charge is 0.330 e. The summed E-state index contributed by atoms with van der Waals surface area (Å²) in [6.45, 7) is 0.450. The Kier molecular flexibility index (Phi) is 4.45. The maximum Gasteiger partial charge on any atom is 0.196 e. The Morgan fingerprint density at radius 3 is 2.63 bits per heavy atom. The molecule has 0 atom stereocenters. The molecule has 0 spiro atoms. The lowest BCUT2D eigenvalue weighted by Crippen LogP contribution is -2.11. The molecule has 2 aromatic carbocycles. The summed E-state index contributed by atoms with van der Waals surface area (Å²) in [5.41, 5.74) is 6.94. The molecule has 0 fully saturated rings. The van der Waals surface area contributed by atoms with E-state index < -0.39 is 5.82 Å². The topological polar surface area (TPSA) is 43.1 Å². The summed E-state index contributed by atoms with van der Waals surface area (Å²) in [4.78, 5) is 12.4. The van der Waals surface area contributed by atoms with E-state index in [0.29, 0.717) is 23.0 Å². The van der Waals surface area contributed by atoms with Crippen molar-refractivity contribution in [3.63, 3.8) is 0 Å². The highest BCUT2D eigenvalue weighted by Gasteiger charge is 2.16. The lowest BCUT2D eigenvalue weighted by Gasteiger charge is -2.08. The van der Waals surface area contributed by atoms with E-state index in [9.17, 15) is 9.18 Å². The maximum atomic E-state index is 13.8. The molecule has 0 aromatic heterocycles. The van der Waals surface area contributed by atoms with Crippen LogP contribution in [-0.2, 0) is 6.42 Å². The molecule has 0 unspecified atom stereocenters. The minimum Gasteiger partial charge on any atom is -0.330 e. The van der Waals surface area contributed by atoms with E-state index in [1.54, 1.807) is 18.2 Å². The highest BCUT2D eigenvalue weighted by atomic mass is 79.9. The average Bonchev–Trinajstić information content (AvgIpc) is 2.42. The van der Waals surface area contributed by atoms with Crippen molar-refractivity contribution >= 4 is 21.7 Å². The number of carbonyl (C=O) groups is 1. The first kappa shape index (κ1) is 13.9. The zero-order valence-electron chi connectivity index (χ0n) is 10.2. The van der Waals surface area contributed by atoms with Crippen LogP contribution in [0, 0.1) is 5.82 Å². The van der Waals surface area contributed by atoms with Crippen molar-refractivity contribution in [2.24, 2.45) is 5.73 Å². The Morgan fingerprint density at radius 2 is 1.89 bits per heavy atom. The van der Waals surface area contributed by atoms with E-state index in [4.69, 9.17) is 5.73 Å². The Hall–Kier alpha value is -1.52. The first-order valence-electron chi connectivity index (χ1n) is 5.91. The summed E-state index contributed by atoms with van der Waals surface area (Å²) < 4.78 is 14.4. The van der Waals surface area contributed by atoms with Gasteiger partial charge in [0, 0.05) is 10.0 Å². The Labute approximate surface area is 119 Å². The minimum atomic E-state index is -0.518. The lowest BCUT2D eigenvalue weighted by molar-refractivity contribution is 0.103. The number of halogens is 2. The van der Waals surface area contributed by atoms with E-state index >= 15 is 0 Å². The summed E-state index contributed by atoms with van der Waals surface area (Å²) >= 11 is 3.25. The quantitative estimate of drug-likeness (QED) is 0.878. The zero-order valence-corrected chi connectivity index (χ0v) is 11.8. The second kappa shape index (κ2) is 6.08. The zero-order chi connectivity index (χ0) is 13.8.